The third-order valence-corrected chi connectivity index (χ3v) is 4.00. The maximum absolute atomic E-state index is 5.96. The molecule has 0 bridgehead atoms. The first-order valence-corrected chi connectivity index (χ1v) is 8.32. The van der Waals surface area contributed by atoms with Gasteiger partial charge in [-0.1, -0.05) is 49.4 Å². The molecular formula is C20H18N4O. The molecule has 0 saturated heterocycles. The highest BCUT2D eigenvalue weighted by molar-refractivity contribution is 5.75. The number of H-pyrrole nitrogens is 1. The van der Waals surface area contributed by atoms with E-state index in [1.165, 1.54) is 11.1 Å². The molecule has 0 amide bonds. The van der Waals surface area contributed by atoms with Gasteiger partial charge in [0.05, 0.1) is 6.33 Å². The van der Waals surface area contributed by atoms with Crippen molar-refractivity contribution in [2.75, 3.05) is 0 Å². The van der Waals surface area contributed by atoms with Gasteiger partial charge >= 0.3 is 0 Å². The third kappa shape index (κ3) is 3.35. The fourth-order valence-electron chi connectivity index (χ4n) is 2.70. The Hall–Kier alpha value is -3.21. The first-order chi connectivity index (χ1) is 12.3. The number of ether oxygens (including phenoxy) is 1. The smallest absolute Gasteiger partial charge is 0.251 e. The van der Waals surface area contributed by atoms with E-state index >= 15 is 0 Å². The van der Waals surface area contributed by atoms with Crippen molar-refractivity contribution in [3.05, 3.63) is 77.9 Å². The van der Waals surface area contributed by atoms with E-state index in [1.54, 1.807) is 6.33 Å². The van der Waals surface area contributed by atoms with Gasteiger partial charge in [-0.2, -0.15) is 4.98 Å². The number of fused-ring (bicyclic) bond motifs is 1. The van der Waals surface area contributed by atoms with Crippen molar-refractivity contribution in [3.8, 4) is 11.6 Å². The lowest BCUT2D eigenvalue weighted by Gasteiger charge is -2.08. The summed E-state index contributed by atoms with van der Waals surface area (Å²) in [4.78, 5) is 16.1. The van der Waals surface area contributed by atoms with E-state index < -0.39 is 0 Å². The highest BCUT2D eigenvalue weighted by Gasteiger charge is 2.11. The monoisotopic (exact) mass is 330 g/mol. The van der Waals surface area contributed by atoms with Crippen molar-refractivity contribution in [3.63, 3.8) is 0 Å². The Balaban J connectivity index is 1.56. The maximum atomic E-state index is 5.96. The Morgan fingerprint density at radius 2 is 1.68 bits per heavy atom. The van der Waals surface area contributed by atoms with Gasteiger partial charge in [-0.3, -0.25) is 0 Å². The zero-order valence-electron chi connectivity index (χ0n) is 13.9. The second kappa shape index (κ2) is 6.73. The highest BCUT2D eigenvalue weighted by Crippen LogP contribution is 2.26. The second-order valence-electron chi connectivity index (χ2n) is 5.81. The topological polar surface area (TPSA) is 63.7 Å². The third-order valence-electron chi connectivity index (χ3n) is 4.00. The molecule has 25 heavy (non-hydrogen) atoms. The Kier molecular flexibility index (Phi) is 4.12. The summed E-state index contributed by atoms with van der Waals surface area (Å²) in [5.74, 6) is 1.95. The normalized spacial score (nSPS) is 10.9. The second-order valence-corrected chi connectivity index (χ2v) is 5.81. The summed E-state index contributed by atoms with van der Waals surface area (Å²) in [5, 5.41) is 0. The lowest BCUT2D eigenvalue weighted by atomic mass is 10.1. The molecule has 0 aliphatic heterocycles. The van der Waals surface area contributed by atoms with E-state index in [1.807, 2.05) is 25.1 Å². The Bertz CT molecular complexity index is 978. The van der Waals surface area contributed by atoms with Crippen LogP contribution in [0.15, 0.2) is 60.9 Å². The van der Waals surface area contributed by atoms with Crippen LogP contribution in [-0.2, 0) is 12.8 Å². The van der Waals surface area contributed by atoms with Gasteiger partial charge < -0.3 is 9.72 Å². The average Bonchev–Trinajstić information content (AvgIpc) is 3.13. The molecule has 4 rings (SSSR count). The van der Waals surface area contributed by atoms with Crippen LogP contribution in [0.1, 0.15) is 23.9 Å². The minimum atomic E-state index is 0.485. The predicted octanol–water partition coefficient (Wildman–Crippen LogP) is 4.30. The van der Waals surface area contributed by atoms with E-state index in [-0.39, 0.29) is 0 Å². The number of rotatable bonds is 5. The summed E-state index contributed by atoms with van der Waals surface area (Å²) in [6, 6.07) is 18.5. The molecule has 0 saturated carbocycles. The number of aromatic nitrogens is 4. The van der Waals surface area contributed by atoms with E-state index in [0.29, 0.717) is 17.0 Å². The zero-order valence-corrected chi connectivity index (χ0v) is 13.9. The van der Waals surface area contributed by atoms with Gasteiger partial charge in [0.25, 0.3) is 5.88 Å². The number of hydrogen-bond acceptors (Lipinski definition) is 4. The number of nitrogens with zero attached hydrogens (tertiary/aromatic N) is 3. The number of benzene rings is 2. The largest absolute Gasteiger partial charge is 0.437 e. The molecule has 0 fully saturated rings. The van der Waals surface area contributed by atoms with Crippen molar-refractivity contribution in [1.82, 2.24) is 19.9 Å². The molecule has 0 unspecified atom stereocenters. The van der Waals surface area contributed by atoms with Crippen LogP contribution in [0.25, 0.3) is 11.2 Å². The maximum Gasteiger partial charge on any atom is 0.251 e. The molecule has 2 aromatic heterocycles. The fraction of sp³-hybridized carbons (Fsp3) is 0.150. The molecule has 0 radical (unpaired) electrons. The number of aromatic amines is 1. The molecule has 2 aromatic carbocycles. The van der Waals surface area contributed by atoms with E-state index in [0.717, 1.165) is 24.4 Å². The van der Waals surface area contributed by atoms with Crippen molar-refractivity contribution in [1.29, 1.82) is 0 Å². The molecule has 5 heteroatoms. The summed E-state index contributed by atoms with van der Waals surface area (Å²) < 4.78 is 5.96. The zero-order chi connectivity index (χ0) is 17.1. The van der Waals surface area contributed by atoms with Crippen LogP contribution >= 0.6 is 0 Å². The van der Waals surface area contributed by atoms with Crippen molar-refractivity contribution in [2.45, 2.75) is 19.8 Å². The van der Waals surface area contributed by atoms with E-state index in [2.05, 4.69) is 56.3 Å². The van der Waals surface area contributed by atoms with Crippen LogP contribution in [0.3, 0.4) is 0 Å². The quantitative estimate of drug-likeness (QED) is 0.592. The molecule has 4 aromatic rings. The molecule has 124 valence electrons. The summed E-state index contributed by atoms with van der Waals surface area (Å²) in [6.07, 6.45) is 3.24. The minimum absolute atomic E-state index is 0.485. The first-order valence-electron chi connectivity index (χ1n) is 8.32. The number of nitrogens with one attached hydrogen (secondary N) is 1. The molecular weight excluding hydrogens is 312 g/mol. The van der Waals surface area contributed by atoms with E-state index in [9.17, 15) is 0 Å². The Morgan fingerprint density at radius 3 is 2.44 bits per heavy atom. The van der Waals surface area contributed by atoms with Gasteiger partial charge in [0, 0.05) is 6.42 Å². The van der Waals surface area contributed by atoms with Gasteiger partial charge in [0.15, 0.2) is 11.2 Å². The molecule has 0 aliphatic carbocycles. The van der Waals surface area contributed by atoms with Crippen LogP contribution < -0.4 is 4.74 Å². The van der Waals surface area contributed by atoms with Crippen LogP contribution in [0.5, 0.6) is 11.6 Å². The van der Waals surface area contributed by atoms with Gasteiger partial charge in [-0.05, 0) is 29.7 Å². The summed E-state index contributed by atoms with van der Waals surface area (Å²) in [7, 11) is 0. The summed E-state index contributed by atoms with van der Waals surface area (Å²) in [6.45, 7) is 2.01. The number of hydrogen-bond donors (Lipinski definition) is 1. The van der Waals surface area contributed by atoms with Crippen molar-refractivity contribution >= 4 is 11.2 Å². The molecule has 0 aliphatic rings. The summed E-state index contributed by atoms with van der Waals surface area (Å²) >= 11 is 0. The van der Waals surface area contributed by atoms with Crippen LogP contribution in [-0.4, -0.2) is 19.9 Å². The van der Waals surface area contributed by atoms with Crippen LogP contribution in [0, 0.1) is 0 Å². The van der Waals surface area contributed by atoms with Crippen molar-refractivity contribution < 1.29 is 4.74 Å². The molecule has 0 spiro atoms. The Labute approximate surface area is 145 Å². The SMILES string of the molecule is CCc1nc(Oc2ccc(Cc3ccccc3)cc2)c2nc[nH]c2n1. The highest BCUT2D eigenvalue weighted by atomic mass is 16.5. The van der Waals surface area contributed by atoms with Crippen LogP contribution in [0.4, 0.5) is 0 Å². The fourth-order valence-corrected chi connectivity index (χ4v) is 2.70. The van der Waals surface area contributed by atoms with Gasteiger partial charge in [0.2, 0.25) is 0 Å². The van der Waals surface area contributed by atoms with Gasteiger partial charge in [0.1, 0.15) is 11.6 Å². The molecule has 1 N–H and O–H groups in total. The van der Waals surface area contributed by atoms with Gasteiger partial charge in [-0.25, -0.2) is 9.97 Å². The lowest BCUT2D eigenvalue weighted by molar-refractivity contribution is 0.464. The molecule has 2 heterocycles. The van der Waals surface area contributed by atoms with Crippen molar-refractivity contribution in [2.24, 2.45) is 0 Å². The predicted molar refractivity (Wildman–Crippen MR) is 96.8 cm³/mol. The average molecular weight is 330 g/mol. The first kappa shape index (κ1) is 15.3. The Morgan fingerprint density at radius 1 is 0.920 bits per heavy atom. The molecule has 0 atom stereocenters. The standard InChI is InChI=1S/C20H18N4O/c1-2-17-23-19-18(21-13-22-19)20(24-17)25-16-10-8-15(9-11-16)12-14-6-4-3-5-7-14/h3-11,13H,2,12H2,1H3,(H,21,22,23,24). The minimum Gasteiger partial charge on any atom is -0.437 e. The lowest BCUT2D eigenvalue weighted by Crippen LogP contribution is -1.98. The van der Waals surface area contributed by atoms with Crippen LogP contribution in [0.2, 0.25) is 0 Å². The van der Waals surface area contributed by atoms with Gasteiger partial charge in [-0.15, -0.1) is 0 Å². The number of imidazole rings is 1. The van der Waals surface area contributed by atoms with E-state index in [4.69, 9.17) is 4.74 Å². The molecule has 5 nitrogen and oxygen atoms in total. The summed E-state index contributed by atoms with van der Waals surface area (Å²) in [5.41, 5.74) is 3.87. The number of aryl methyl sites for hydroxylation is 1.